The van der Waals surface area contributed by atoms with Crippen LogP contribution in [0.25, 0.3) is 0 Å². The van der Waals surface area contributed by atoms with Crippen LogP contribution < -0.4 is 5.73 Å². The van der Waals surface area contributed by atoms with Crippen LogP contribution in [0, 0.1) is 5.41 Å². The number of nitrogens with two attached hydrogens (primary N) is 1. The van der Waals surface area contributed by atoms with E-state index in [2.05, 4.69) is 6.58 Å². The first-order valence-electron chi connectivity index (χ1n) is 4.73. The summed E-state index contributed by atoms with van der Waals surface area (Å²) < 4.78 is 0. The molecule has 0 unspecified atom stereocenters. The van der Waals surface area contributed by atoms with E-state index >= 15 is 0 Å². The van der Waals surface area contributed by atoms with E-state index in [4.69, 9.17) is 5.73 Å². The van der Waals surface area contributed by atoms with Crippen molar-refractivity contribution in [3.63, 3.8) is 0 Å². The molecule has 0 amide bonds. The Balaban J connectivity index is 3.12. The summed E-state index contributed by atoms with van der Waals surface area (Å²) in [5.41, 5.74) is 7.26. The molecule has 1 aliphatic carbocycles. The zero-order chi connectivity index (χ0) is 10.9. The topological polar surface area (TPSA) is 43.1 Å². The van der Waals surface area contributed by atoms with Crippen LogP contribution in [0.3, 0.4) is 0 Å². The highest BCUT2D eigenvalue weighted by Crippen LogP contribution is 2.37. The molecule has 0 saturated carbocycles. The zero-order valence-corrected chi connectivity index (χ0v) is 9.00. The average molecular weight is 191 g/mol. The first kappa shape index (κ1) is 10.9. The molecule has 0 fully saturated rings. The minimum atomic E-state index is -0.467. The number of hydrogen-bond donors (Lipinski definition) is 1. The number of ketones is 1. The summed E-state index contributed by atoms with van der Waals surface area (Å²) in [4.78, 5) is 11.8. The number of carbonyl (C=O) groups excluding carboxylic acids is 1. The van der Waals surface area contributed by atoms with Crippen molar-refractivity contribution in [1.82, 2.24) is 0 Å². The molecule has 76 valence electrons. The molecule has 0 aliphatic heterocycles. The smallest absolute Gasteiger partial charge is 0.166 e. The number of Topliss-reactive ketones (excluding diaryl/α,β-unsaturated/α-hetero) is 1. The van der Waals surface area contributed by atoms with Gasteiger partial charge in [-0.25, -0.2) is 0 Å². The molecule has 14 heavy (non-hydrogen) atoms. The van der Waals surface area contributed by atoms with Crippen molar-refractivity contribution >= 4 is 5.78 Å². The second-order valence-corrected chi connectivity index (χ2v) is 4.20. The summed E-state index contributed by atoms with van der Waals surface area (Å²) in [7, 11) is 0. The van der Waals surface area contributed by atoms with Crippen LogP contribution in [-0.2, 0) is 4.79 Å². The Hall–Kier alpha value is -1.15. The van der Waals surface area contributed by atoms with Gasteiger partial charge in [-0.2, -0.15) is 0 Å². The summed E-state index contributed by atoms with van der Waals surface area (Å²) >= 11 is 0. The predicted octanol–water partition coefficient (Wildman–Crippen LogP) is 1.98. The Morgan fingerprint density at radius 3 is 2.43 bits per heavy atom. The number of rotatable bonds is 2. The highest BCUT2D eigenvalue weighted by molar-refractivity contribution is 6.04. The minimum Gasteiger partial charge on any atom is -0.323 e. The average Bonchev–Trinajstić information content (AvgIpc) is 2.28. The largest absolute Gasteiger partial charge is 0.323 e. The molecule has 0 aromatic carbocycles. The maximum atomic E-state index is 11.8. The van der Waals surface area contributed by atoms with Gasteiger partial charge in [-0.3, -0.25) is 4.79 Å². The van der Waals surface area contributed by atoms with E-state index in [1.165, 1.54) is 0 Å². The SMILES string of the molecule is C=C/C=C\C1=C(C)C(=O)C(C)(C)[C@@H]1N. The first-order valence-corrected chi connectivity index (χ1v) is 4.73. The highest BCUT2D eigenvalue weighted by Gasteiger charge is 2.43. The van der Waals surface area contributed by atoms with Gasteiger partial charge in [0.05, 0.1) is 0 Å². The number of allylic oxidation sites excluding steroid dienone is 3. The molecular weight excluding hydrogens is 174 g/mol. The Morgan fingerprint density at radius 2 is 2.07 bits per heavy atom. The maximum Gasteiger partial charge on any atom is 0.166 e. The first-order chi connectivity index (χ1) is 6.42. The molecule has 0 radical (unpaired) electrons. The predicted molar refractivity (Wildman–Crippen MR) is 58.8 cm³/mol. The molecule has 0 saturated heterocycles. The van der Waals surface area contributed by atoms with Gasteiger partial charge in [-0.1, -0.05) is 38.7 Å². The monoisotopic (exact) mass is 191 g/mol. The molecule has 0 spiro atoms. The summed E-state index contributed by atoms with van der Waals surface area (Å²) in [6, 6.07) is -0.203. The van der Waals surface area contributed by atoms with E-state index in [0.717, 1.165) is 11.1 Å². The van der Waals surface area contributed by atoms with Crippen LogP contribution in [0.1, 0.15) is 20.8 Å². The Labute approximate surface area is 85.2 Å². The molecule has 2 nitrogen and oxygen atoms in total. The van der Waals surface area contributed by atoms with Gasteiger partial charge >= 0.3 is 0 Å². The molecule has 2 N–H and O–H groups in total. The van der Waals surface area contributed by atoms with Crippen molar-refractivity contribution < 1.29 is 4.79 Å². The normalized spacial score (nSPS) is 26.3. The summed E-state index contributed by atoms with van der Waals surface area (Å²) in [5.74, 6) is 0.147. The third-order valence-corrected chi connectivity index (χ3v) is 2.88. The lowest BCUT2D eigenvalue weighted by Crippen LogP contribution is -2.38. The summed E-state index contributed by atoms with van der Waals surface area (Å²) in [5, 5.41) is 0. The lowest BCUT2D eigenvalue weighted by atomic mass is 9.84. The van der Waals surface area contributed by atoms with Crippen molar-refractivity contribution in [1.29, 1.82) is 0 Å². The third kappa shape index (κ3) is 1.46. The molecule has 0 aromatic rings. The molecular formula is C12H17NO. The van der Waals surface area contributed by atoms with Crippen LogP contribution >= 0.6 is 0 Å². The van der Waals surface area contributed by atoms with Crippen molar-refractivity contribution in [2.75, 3.05) is 0 Å². The van der Waals surface area contributed by atoms with E-state index < -0.39 is 5.41 Å². The molecule has 1 rings (SSSR count). The van der Waals surface area contributed by atoms with Gasteiger partial charge in [0, 0.05) is 11.5 Å². The lowest BCUT2D eigenvalue weighted by Gasteiger charge is -2.23. The van der Waals surface area contributed by atoms with Crippen LogP contribution in [0.2, 0.25) is 0 Å². The van der Waals surface area contributed by atoms with Gasteiger partial charge in [0.25, 0.3) is 0 Å². The minimum absolute atomic E-state index is 0.147. The highest BCUT2D eigenvalue weighted by atomic mass is 16.1. The third-order valence-electron chi connectivity index (χ3n) is 2.88. The van der Waals surface area contributed by atoms with E-state index in [0.29, 0.717) is 0 Å². The van der Waals surface area contributed by atoms with Crippen molar-refractivity contribution in [2.45, 2.75) is 26.8 Å². The van der Waals surface area contributed by atoms with Crippen molar-refractivity contribution in [2.24, 2.45) is 11.1 Å². The Bertz CT molecular complexity index is 334. The van der Waals surface area contributed by atoms with E-state index in [-0.39, 0.29) is 11.8 Å². The molecule has 0 aromatic heterocycles. The van der Waals surface area contributed by atoms with Gasteiger partial charge < -0.3 is 5.73 Å². The molecule has 1 atom stereocenters. The van der Waals surface area contributed by atoms with Gasteiger partial charge in [-0.05, 0) is 18.1 Å². The van der Waals surface area contributed by atoms with Crippen LogP contribution in [0.5, 0.6) is 0 Å². The van der Waals surface area contributed by atoms with Crippen LogP contribution in [-0.4, -0.2) is 11.8 Å². The second-order valence-electron chi connectivity index (χ2n) is 4.20. The van der Waals surface area contributed by atoms with Gasteiger partial charge in [-0.15, -0.1) is 0 Å². The fourth-order valence-corrected chi connectivity index (χ4v) is 1.78. The fourth-order valence-electron chi connectivity index (χ4n) is 1.78. The van der Waals surface area contributed by atoms with Crippen molar-refractivity contribution in [3.05, 3.63) is 36.0 Å². The van der Waals surface area contributed by atoms with Gasteiger partial charge in [0.2, 0.25) is 0 Å². The fraction of sp³-hybridized carbons (Fsp3) is 0.417. The molecule has 2 heteroatoms. The quantitative estimate of drug-likeness (QED) is 0.678. The van der Waals surface area contributed by atoms with E-state index in [9.17, 15) is 4.79 Å². The van der Waals surface area contributed by atoms with E-state index in [1.807, 2.05) is 32.9 Å². The van der Waals surface area contributed by atoms with Crippen molar-refractivity contribution in [3.8, 4) is 0 Å². The summed E-state index contributed by atoms with van der Waals surface area (Å²) in [6.07, 6.45) is 5.37. The van der Waals surface area contributed by atoms with Gasteiger partial charge in [0.1, 0.15) is 0 Å². The lowest BCUT2D eigenvalue weighted by molar-refractivity contribution is -0.122. The Morgan fingerprint density at radius 1 is 1.50 bits per heavy atom. The summed E-state index contributed by atoms with van der Waals surface area (Å²) in [6.45, 7) is 9.20. The molecule has 1 aliphatic rings. The van der Waals surface area contributed by atoms with Gasteiger partial charge in [0.15, 0.2) is 5.78 Å². The standard InChI is InChI=1S/C12H17NO/c1-5-6-7-9-8(2)11(14)12(3,4)10(9)13/h5-7,10H,1,13H2,2-4H3/b7-6-/t10-/m1/s1. The van der Waals surface area contributed by atoms with Crippen LogP contribution in [0.4, 0.5) is 0 Å². The number of hydrogen-bond acceptors (Lipinski definition) is 2. The van der Waals surface area contributed by atoms with Crippen LogP contribution in [0.15, 0.2) is 36.0 Å². The molecule has 0 bridgehead atoms. The molecule has 0 heterocycles. The maximum absolute atomic E-state index is 11.8. The zero-order valence-electron chi connectivity index (χ0n) is 9.00. The second kappa shape index (κ2) is 3.54. The number of carbonyl (C=O) groups is 1. The Kier molecular flexibility index (Phi) is 2.76. The van der Waals surface area contributed by atoms with E-state index in [1.54, 1.807) is 6.08 Å².